The number of ketones is 1. The van der Waals surface area contributed by atoms with Gasteiger partial charge in [0, 0.05) is 30.9 Å². The first-order valence-corrected chi connectivity index (χ1v) is 10.1. The number of hydrogen-bond acceptors (Lipinski definition) is 3. The monoisotopic (exact) mass is 375 g/mol. The fourth-order valence-electron chi connectivity index (χ4n) is 3.93. The number of H-pyrrole nitrogens is 1. The zero-order valence-electron chi connectivity index (χ0n) is 17.1. The zero-order valence-corrected chi connectivity index (χ0v) is 17.1. The highest BCUT2D eigenvalue weighted by atomic mass is 16.2. The van der Waals surface area contributed by atoms with E-state index in [9.17, 15) is 14.4 Å². The van der Waals surface area contributed by atoms with Crippen LogP contribution in [0.1, 0.15) is 84.5 Å². The van der Waals surface area contributed by atoms with Crippen LogP contribution >= 0.6 is 0 Å². The molecule has 0 bridgehead atoms. The number of aromatic amines is 1. The number of piperidine rings is 1. The molecule has 1 aliphatic rings. The fraction of sp³-hybridized carbons (Fsp3) is 0.667. The van der Waals surface area contributed by atoms with Gasteiger partial charge in [0.25, 0.3) is 5.91 Å². The third-order valence-electron chi connectivity index (χ3n) is 5.41. The number of likely N-dealkylation sites (tertiary alicyclic amines) is 1. The van der Waals surface area contributed by atoms with Crippen LogP contribution in [-0.2, 0) is 4.79 Å². The van der Waals surface area contributed by atoms with Gasteiger partial charge in [-0.3, -0.25) is 14.4 Å². The van der Waals surface area contributed by atoms with Gasteiger partial charge < -0.3 is 15.2 Å². The topological polar surface area (TPSA) is 82.3 Å². The van der Waals surface area contributed by atoms with Crippen LogP contribution in [-0.4, -0.2) is 47.1 Å². The number of carbonyl (C=O) groups is 3. The molecule has 1 atom stereocenters. The standard InChI is InChI=1S/C21H33N3O3/c1-5-6-7-8-11-22-20(26)17-10-9-12-24(13-17)21(27)19-14(2)18(16(4)25)15(3)23-19/h17,23H,5-13H2,1-4H3,(H,22,26). The number of unbranched alkanes of at least 4 members (excludes halogenated alkanes) is 3. The predicted molar refractivity (Wildman–Crippen MR) is 106 cm³/mol. The first-order chi connectivity index (χ1) is 12.9. The van der Waals surface area contributed by atoms with Crippen molar-refractivity contribution in [2.45, 2.75) is 66.2 Å². The van der Waals surface area contributed by atoms with Crippen LogP contribution < -0.4 is 5.32 Å². The minimum absolute atomic E-state index is 0.0423. The molecule has 27 heavy (non-hydrogen) atoms. The summed E-state index contributed by atoms with van der Waals surface area (Å²) in [5.41, 5.74) is 2.49. The number of nitrogens with zero attached hydrogens (tertiary/aromatic N) is 1. The lowest BCUT2D eigenvalue weighted by Gasteiger charge is -2.32. The number of aryl methyl sites for hydroxylation is 1. The molecule has 1 unspecified atom stereocenters. The average Bonchev–Trinajstić information content (AvgIpc) is 2.95. The van der Waals surface area contributed by atoms with Gasteiger partial charge in [0.2, 0.25) is 5.91 Å². The predicted octanol–water partition coefficient (Wildman–Crippen LogP) is 3.38. The third-order valence-corrected chi connectivity index (χ3v) is 5.41. The maximum atomic E-state index is 13.0. The summed E-state index contributed by atoms with van der Waals surface area (Å²) in [6.07, 6.45) is 6.14. The molecule has 0 saturated carbocycles. The SMILES string of the molecule is CCCCCCNC(=O)C1CCCN(C(=O)c2[nH]c(C)c(C(C)=O)c2C)C1. The van der Waals surface area contributed by atoms with Crippen molar-refractivity contribution in [3.63, 3.8) is 0 Å². The van der Waals surface area contributed by atoms with Crippen LogP contribution in [0.2, 0.25) is 0 Å². The Balaban J connectivity index is 1.97. The van der Waals surface area contributed by atoms with Crippen LogP contribution in [0, 0.1) is 19.8 Å². The molecule has 1 fully saturated rings. The minimum Gasteiger partial charge on any atom is -0.356 e. The molecule has 0 aliphatic carbocycles. The van der Waals surface area contributed by atoms with Crippen molar-refractivity contribution in [2.75, 3.05) is 19.6 Å². The van der Waals surface area contributed by atoms with E-state index >= 15 is 0 Å². The van der Waals surface area contributed by atoms with Crippen molar-refractivity contribution in [3.05, 3.63) is 22.5 Å². The summed E-state index contributed by atoms with van der Waals surface area (Å²) in [6.45, 7) is 9.08. The smallest absolute Gasteiger partial charge is 0.270 e. The fourth-order valence-corrected chi connectivity index (χ4v) is 3.93. The molecule has 2 N–H and O–H groups in total. The van der Waals surface area contributed by atoms with Gasteiger partial charge in [-0.25, -0.2) is 0 Å². The van der Waals surface area contributed by atoms with Gasteiger partial charge in [-0.2, -0.15) is 0 Å². The third kappa shape index (κ3) is 5.21. The Morgan fingerprint density at radius 2 is 1.93 bits per heavy atom. The van der Waals surface area contributed by atoms with Crippen molar-refractivity contribution in [2.24, 2.45) is 5.92 Å². The summed E-state index contributed by atoms with van der Waals surface area (Å²) in [7, 11) is 0. The van der Waals surface area contributed by atoms with Crippen LogP contribution in [0.4, 0.5) is 0 Å². The van der Waals surface area contributed by atoms with Crippen LogP contribution in [0.3, 0.4) is 0 Å². The zero-order chi connectivity index (χ0) is 20.0. The Morgan fingerprint density at radius 3 is 2.56 bits per heavy atom. The Bertz CT molecular complexity index is 693. The summed E-state index contributed by atoms with van der Waals surface area (Å²) in [6, 6.07) is 0. The van der Waals surface area contributed by atoms with Gasteiger partial charge in [0.15, 0.2) is 5.78 Å². The van der Waals surface area contributed by atoms with E-state index in [0.717, 1.165) is 31.4 Å². The van der Waals surface area contributed by atoms with Crippen LogP contribution in [0.15, 0.2) is 0 Å². The molecule has 0 spiro atoms. The van der Waals surface area contributed by atoms with E-state index in [1.807, 2.05) is 6.92 Å². The molecule has 2 amide bonds. The van der Waals surface area contributed by atoms with Crippen molar-refractivity contribution in [3.8, 4) is 0 Å². The van der Waals surface area contributed by atoms with Crippen molar-refractivity contribution < 1.29 is 14.4 Å². The van der Waals surface area contributed by atoms with Gasteiger partial charge in [-0.1, -0.05) is 26.2 Å². The van der Waals surface area contributed by atoms with Crippen molar-refractivity contribution >= 4 is 17.6 Å². The number of Topliss-reactive ketones (excluding diaryl/α,β-unsaturated/α-hetero) is 1. The summed E-state index contributed by atoms with van der Waals surface area (Å²) in [5, 5.41) is 3.02. The van der Waals surface area contributed by atoms with E-state index < -0.39 is 0 Å². The number of aromatic nitrogens is 1. The van der Waals surface area contributed by atoms with E-state index in [1.165, 1.54) is 19.8 Å². The Hall–Kier alpha value is -2.11. The molecule has 0 radical (unpaired) electrons. The quantitative estimate of drug-likeness (QED) is 0.540. The van der Waals surface area contributed by atoms with Gasteiger partial charge in [-0.05, 0) is 45.6 Å². The highest BCUT2D eigenvalue weighted by molar-refractivity contribution is 6.02. The molecule has 1 aromatic rings. The first-order valence-electron chi connectivity index (χ1n) is 10.1. The van der Waals surface area contributed by atoms with Crippen LogP contribution in [0.5, 0.6) is 0 Å². The largest absolute Gasteiger partial charge is 0.356 e. The summed E-state index contributed by atoms with van der Waals surface area (Å²) >= 11 is 0. The lowest BCUT2D eigenvalue weighted by molar-refractivity contribution is -0.126. The maximum absolute atomic E-state index is 13.0. The second kappa shape index (κ2) is 9.72. The molecule has 2 rings (SSSR count). The van der Waals surface area contributed by atoms with Gasteiger partial charge in [0.1, 0.15) is 5.69 Å². The Morgan fingerprint density at radius 1 is 1.19 bits per heavy atom. The van der Waals surface area contributed by atoms with Gasteiger partial charge >= 0.3 is 0 Å². The number of hydrogen-bond donors (Lipinski definition) is 2. The van der Waals surface area contributed by atoms with Crippen molar-refractivity contribution in [1.29, 1.82) is 0 Å². The molecule has 2 heterocycles. The first kappa shape index (κ1) is 21.2. The number of rotatable bonds is 8. The Kier molecular flexibility index (Phi) is 7.63. The normalized spacial score (nSPS) is 17.0. The molecule has 150 valence electrons. The minimum atomic E-state index is -0.155. The lowest BCUT2D eigenvalue weighted by Crippen LogP contribution is -2.45. The molecule has 1 aliphatic heterocycles. The highest BCUT2D eigenvalue weighted by Gasteiger charge is 2.31. The maximum Gasteiger partial charge on any atom is 0.270 e. The summed E-state index contributed by atoms with van der Waals surface area (Å²) in [4.78, 5) is 42.0. The summed E-state index contributed by atoms with van der Waals surface area (Å²) < 4.78 is 0. The van der Waals surface area contributed by atoms with Crippen molar-refractivity contribution in [1.82, 2.24) is 15.2 Å². The molecule has 6 nitrogen and oxygen atoms in total. The molecule has 6 heteroatoms. The second-order valence-corrected chi connectivity index (χ2v) is 7.62. The van der Waals surface area contributed by atoms with Crippen LogP contribution in [0.25, 0.3) is 0 Å². The lowest BCUT2D eigenvalue weighted by atomic mass is 9.96. The molecular formula is C21H33N3O3. The molecular weight excluding hydrogens is 342 g/mol. The van der Waals surface area contributed by atoms with E-state index in [4.69, 9.17) is 0 Å². The number of amides is 2. The second-order valence-electron chi connectivity index (χ2n) is 7.62. The van der Waals surface area contributed by atoms with Gasteiger partial charge in [-0.15, -0.1) is 0 Å². The highest BCUT2D eigenvalue weighted by Crippen LogP contribution is 2.23. The van der Waals surface area contributed by atoms with Gasteiger partial charge in [0.05, 0.1) is 5.92 Å². The number of nitrogens with one attached hydrogen (secondary N) is 2. The molecule has 1 aromatic heterocycles. The number of carbonyl (C=O) groups excluding carboxylic acids is 3. The molecule has 0 aromatic carbocycles. The van der Waals surface area contributed by atoms with E-state index in [1.54, 1.807) is 11.8 Å². The summed E-state index contributed by atoms with van der Waals surface area (Å²) in [5.74, 6) is -0.270. The average molecular weight is 376 g/mol. The van der Waals surface area contributed by atoms with E-state index in [-0.39, 0.29) is 23.5 Å². The van der Waals surface area contributed by atoms with E-state index in [2.05, 4.69) is 17.2 Å². The Labute approximate surface area is 162 Å². The molecule has 1 saturated heterocycles. The van der Waals surface area contributed by atoms with E-state index in [0.29, 0.717) is 36.5 Å².